The first-order valence-corrected chi connectivity index (χ1v) is 4.91. The van der Waals surface area contributed by atoms with E-state index in [1.807, 2.05) is 18.3 Å². The molecule has 0 bridgehead atoms. The van der Waals surface area contributed by atoms with E-state index in [2.05, 4.69) is 0 Å². The monoisotopic (exact) mass is 217 g/mol. The van der Waals surface area contributed by atoms with Gasteiger partial charge in [0.15, 0.2) is 0 Å². The molecule has 0 spiro atoms. The highest BCUT2D eigenvalue weighted by Gasteiger charge is 2.04. The lowest BCUT2D eigenvalue weighted by Crippen LogP contribution is -2.02. The van der Waals surface area contributed by atoms with Crippen LogP contribution in [-0.2, 0) is 16.1 Å². The molecule has 4 nitrogen and oxygen atoms in total. The third-order valence-electron chi connectivity index (χ3n) is 2.28. The fourth-order valence-corrected chi connectivity index (χ4v) is 1.63. The summed E-state index contributed by atoms with van der Waals surface area (Å²) in [6, 6.07) is 7.25. The summed E-state index contributed by atoms with van der Waals surface area (Å²) in [5.74, 6) is 0.138. The minimum atomic E-state index is -0.354. The van der Waals surface area contributed by atoms with Crippen LogP contribution in [0.25, 0.3) is 10.9 Å². The number of aldehydes is 1. The molecular formula is C12H11NO3. The molecule has 0 aliphatic heterocycles. The smallest absolute Gasteiger partial charge is 0.308 e. The molecular weight excluding hydrogens is 206 g/mol. The molecule has 1 heterocycles. The maximum absolute atomic E-state index is 10.8. The Morgan fingerprint density at radius 2 is 2.25 bits per heavy atom. The fourth-order valence-electron chi connectivity index (χ4n) is 1.63. The maximum atomic E-state index is 10.8. The van der Waals surface area contributed by atoms with E-state index in [1.165, 1.54) is 6.92 Å². The molecule has 0 fully saturated rings. The van der Waals surface area contributed by atoms with Crippen molar-refractivity contribution in [1.29, 1.82) is 0 Å². The van der Waals surface area contributed by atoms with Crippen LogP contribution in [0.4, 0.5) is 0 Å². The maximum Gasteiger partial charge on any atom is 0.308 e. The zero-order valence-corrected chi connectivity index (χ0v) is 8.84. The molecule has 0 radical (unpaired) electrons. The van der Waals surface area contributed by atoms with Gasteiger partial charge in [-0.1, -0.05) is 0 Å². The Hall–Kier alpha value is -2.10. The molecule has 0 aliphatic rings. The Bertz CT molecular complexity index is 542. The Morgan fingerprint density at radius 3 is 2.94 bits per heavy atom. The zero-order valence-electron chi connectivity index (χ0n) is 8.84. The zero-order chi connectivity index (χ0) is 11.5. The summed E-state index contributed by atoms with van der Waals surface area (Å²) < 4.78 is 6.79. The molecule has 0 atom stereocenters. The number of hydrogen-bond acceptors (Lipinski definition) is 3. The Labute approximate surface area is 92.4 Å². The number of esters is 1. The molecule has 1 aromatic heterocycles. The van der Waals surface area contributed by atoms with E-state index < -0.39 is 0 Å². The van der Waals surface area contributed by atoms with Gasteiger partial charge in [0.25, 0.3) is 0 Å². The number of fused-ring (bicyclic) bond motifs is 1. The molecule has 0 aliphatic carbocycles. The molecule has 2 aromatic rings. The van der Waals surface area contributed by atoms with Crippen LogP contribution in [0.2, 0.25) is 0 Å². The number of hydrogen-bond donors (Lipinski definition) is 0. The van der Waals surface area contributed by atoms with Crippen LogP contribution in [0.15, 0.2) is 30.5 Å². The second kappa shape index (κ2) is 4.18. The average Bonchev–Trinajstić information content (AvgIpc) is 2.61. The molecule has 16 heavy (non-hydrogen) atoms. The van der Waals surface area contributed by atoms with E-state index in [-0.39, 0.29) is 5.97 Å². The molecule has 4 heteroatoms. The fraction of sp³-hybridized carbons (Fsp3) is 0.167. The van der Waals surface area contributed by atoms with Gasteiger partial charge in [0.2, 0.25) is 0 Å². The van der Waals surface area contributed by atoms with Crippen LogP contribution < -0.4 is 4.74 Å². The normalized spacial score (nSPS) is 10.3. The first-order valence-electron chi connectivity index (χ1n) is 4.91. The van der Waals surface area contributed by atoms with Crippen LogP contribution in [0.5, 0.6) is 5.75 Å². The largest absolute Gasteiger partial charge is 0.427 e. The number of benzene rings is 1. The van der Waals surface area contributed by atoms with E-state index in [0.717, 1.165) is 17.2 Å². The third-order valence-corrected chi connectivity index (χ3v) is 2.28. The second-order valence-electron chi connectivity index (χ2n) is 3.45. The summed E-state index contributed by atoms with van der Waals surface area (Å²) in [6.45, 7) is 1.65. The quantitative estimate of drug-likeness (QED) is 0.447. The molecule has 0 unspecified atom stereocenters. The van der Waals surface area contributed by atoms with Crippen LogP contribution in [0, 0.1) is 0 Å². The Morgan fingerprint density at radius 1 is 1.44 bits per heavy atom. The highest BCUT2D eigenvalue weighted by Crippen LogP contribution is 2.21. The third kappa shape index (κ3) is 1.95. The van der Waals surface area contributed by atoms with E-state index in [1.54, 1.807) is 16.7 Å². The van der Waals surface area contributed by atoms with E-state index in [9.17, 15) is 9.59 Å². The minimum Gasteiger partial charge on any atom is -0.427 e. The van der Waals surface area contributed by atoms with Gasteiger partial charge in [0, 0.05) is 19.2 Å². The highest BCUT2D eigenvalue weighted by atomic mass is 16.5. The minimum absolute atomic E-state index is 0.299. The number of carbonyl (C=O) groups is 2. The first-order chi connectivity index (χ1) is 7.70. The van der Waals surface area contributed by atoms with Crippen molar-refractivity contribution in [2.24, 2.45) is 0 Å². The van der Waals surface area contributed by atoms with Crippen molar-refractivity contribution in [3.05, 3.63) is 30.5 Å². The van der Waals surface area contributed by atoms with Gasteiger partial charge in [-0.15, -0.1) is 0 Å². The van der Waals surface area contributed by atoms with E-state index in [4.69, 9.17) is 4.74 Å². The van der Waals surface area contributed by atoms with Crippen molar-refractivity contribution in [2.75, 3.05) is 0 Å². The summed E-state index contributed by atoms with van der Waals surface area (Å²) in [4.78, 5) is 21.3. The van der Waals surface area contributed by atoms with Gasteiger partial charge in [-0.05, 0) is 23.6 Å². The molecule has 0 saturated carbocycles. The number of aromatic nitrogens is 1. The van der Waals surface area contributed by atoms with Gasteiger partial charge in [-0.3, -0.25) is 4.79 Å². The number of carbonyl (C=O) groups excluding carboxylic acids is 2. The summed E-state index contributed by atoms with van der Waals surface area (Å²) >= 11 is 0. The lowest BCUT2D eigenvalue weighted by molar-refractivity contribution is -0.131. The van der Waals surface area contributed by atoms with Crippen molar-refractivity contribution >= 4 is 23.2 Å². The van der Waals surface area contributed by atoms with Gasteiger partial charge in [0.05, 0.1) is 12.1 Å². The molecule has 1 aromatic carbocycles. The summed E-state index contributed by atoms with van der Waals surface area (Å²) in [7, 11) is 0. The summed E-state index contributed by atoms with van der Waals surface area (Å²) in [5.41, 5.74) is 0.880. The molecule has 0 saturated heterocycles. The topological polar surface area (TPSA) is 48.3 Å². The standard InChI is InChI=1S/C12H11NO3/c1-9(15)16-11-3-2-10-4-5-13(6-7-14)12(10)8-11/h2-5,7-8H,6H2,1H3. The Balaban J connectivity index is 2.45. The van der Waals surface area contributed by atoms with Crippen molar-refractivity contribution in [3.8, 4) is 5.75 Å². The van der Waals surface area contributed by atoms with Crippen molar-refractivity contribution in [1.82, 2.24) is 4.57 Å². The number of rotatable bonds is 3. The predicted octanol–water partition coefficient (Wildman–Crippen LogP) is 1.77. The summed E-state index contributed by atoms with van der Waals surface area (Å²) in [6.07, 6.45) is 2.66. The van der Waals surface area contributed by atoms with Crippen LogP contribution in [0.1, 0.15) is 6.92 Å². The SMILES string of the molecule is CC(=O)Oc1ccc2ccn(CC=O)c2c1. The molecule has 2 rings (SSSR count). The Kier molecular flexibility index (Phi) is 2.72. The number of nitrogens with zero attached hydrogens (tertiary/aromatic N) is 1. The van der Waals surface area contributed by atoms with Gasteiger partial charge < -0.3 is 14.1 Å². The molecule has 0 amide bonds. The second-order valence-corrected chi connectivity index (χ2v) is 3.45. The van der Waals surface area contributed by atoms with Gasteiger partial charge in [-0.2, -0.15) is 0 Å². The average molecular weight is 217 g/mol. The van der Waals surface area contributed by atoms with Gasteiger partial charge in [0.1, 0.15) is 12.0 Å². The summed E-state index contributed by atoms with van der Waals surface area (Å²) in [5, 5.41) is 1.01. The van der Waals surface area contributed by atoms with Crippen LogP contribution in [0.3, 0.4) is 0 Å². The first kappa shape index (κ1) is 10.4. The van der Waals surface area contributed by atoms with Crippen LogP contribution >= 0.6 is 0 Å². The van der Waals surface area contributed by atoms with Gasteiger partial charge >= 0.3 is 5.97 Å². The van der Waals surface area contributed by atoms with Crippen molar-refractivity contribution < 1.29 is 14.3 Å². The van der Waals surface area contributed by atoms with Gasteiger partial charge in [-0.25, -0.2) is 0 Å². The predicted molar refractivity (Wildman–Crippen MR) is 59.3 cm³/mol. The van der Waals surface area contributed by atoms with Crippen molar-refractivity contribution in [3.63, 3.8) is 0 Å². The highest BCUT2D eigenvalue weighted by molar-refractivity contribution is 5.83. The van der Waals surface area contributed by atoms with Crippen LogP contribution in [-0.4, -0.2) is 16.8 Å². The van der Waals surface area contributed by atoms with E-state index >= 15 is 0 Å². The lowest BCUT2D eigenvalue weighted by atomic mass is 10.2. The number of ether oxygens (including phenoxy) is 1. The lowest BCUT2D eigenvalue weighted by Gasteiger charge is -2.03. The molecule has 0 N–H and O–H groups in total. The molecule has 82 valence electrons. The van der Waals surface area contributed by atoms with Crippen molar-refractivity contribution in [2.45, 2.75) is 13.5 Å². The van der Waals surface area contributed by atoms with E-state index in [0.29, 0.717) is 12.3 Å².